The quantitative estimate of drug-likeness (QED) is 0.431. The van der Waals surface area contributed by atoms with E-state index in [4.69, 9.17) is 5.73 Å². The zero-order valence-corrected chi connectivity index (χ0v) is 21.0. The van der Waals surface area contributed by atoms with E-state index in [9.17, 15) is 30.0 Å². The molecule has 1 amide bonds. The van der Waals surface area contributed by atoms with Crippen LogP contribution >= 0.6 is 0 Å². The number of Topliss-reactive ketones (excluding diaryl/α,β-unsaturated/α-hetero) is 1. The summed E-state index contributed by atoms with van der Waals surface area (Å²) in [7, 11) is 0. The van der Waals surface area contributed by atoms with Crippen molar-refractivity contribution in [3.63, 3.8) is 0 Å². The summed E-state index contributed by atoms with van der Waals surface area (Å²) in [6.45, 7) is 5.88. The number of nitrogens with zero attached hydrogens (tertiary/aromatic N) is 1. The Hall–Kier alpha value is -2.84. The highest BCUT2D eigenvalue weighted by atomic mass is 16.3. The third-order valence-corrected chi connectivity index (χ3v) is 8.86. The number of aliphatic hydroxyl groups excluding tert-OH is 2. The van der Waals surface area contributed by atoms with E-state index in [1.165, 1.54) is 13.3 Å². The molecule has 8 nitrogen and oxygen atoms in total. The standard InChI is InChI=1S/C28H36N2O6/c1-3-14-9-17(13-30-7-5-4-6-8-30)24(32)21-18(14)11-15-10-16-12-19(31)23(27(29)35)28(2,36)22(16)26(34)20(15)25(21)33/h9,15-16,22,31-33,36H,3-8,10-13H2,1-2H3,(H2,29,35). The highest BCUT2D eigenvalue weighted by Crippen LogP contribution is 2.54. The molecule has 4 atom stereocenters. The van der Waals surface area contributed by atoms with Crippen molar-refractivity contribution in [2.75, 3.05) is 13.1 Å². The van der Waals surface area contributed by atoms with Gasteiger partial charge in [0.15, 0.2) is 5.78 Å². The Morgan fingerprint density at radius 1 is 1.14 bits per heavy atom. The number of carbonyl (C=O) groups excluding carboxylic acids is 2. The molecule has 1 aromatic carbocycles. The summed E-state index contributed by atoms with van der Waals surface area (Å²) in [4.78, 5) is 28.2. The van der Waals surface area contributed by atoms with Crippen molar-refractivity contribution in [2.45, 2.75) is 70.9 Å². The number of aliphatic hydroxyl groups is 3. The number of rotatable bonds is 4. The lowest BCUT2D eigenvalue weighted by atomic mass is 9.57. The normalized spacial score (nSPS) is 30.6. The van der Waals surface area contributed by atoms with E-state index in [0.29, 0.717) is 24.9 Å². The topological polar surface area (TPSA) is 144 Å². The van der Waals surface area contributed by atoms with Gasteiger partial charge in [0.2, 0.25) is 0 Å². The number of fused-ring (bicyclic) bond motifs is 3. The van der Waals surface area contributed by atoms with Gasteiger partial charge in [0.25, 0.3) is 5.91 Å². The predicted octanol–water partition coefficient (Wildman–Crippen LogP) is 3.04. The number of hydrogen-bond donors (Lipinski definition) is 5. The van der Waals surface area contributed by atoms with E-state index < -0.39 is 29.1 Å². The van der Waals surface area contributed by atoms with E-state index >= 15 is 0 Å². The van der Waals surface area contributed by atoms with Crippen molar-refractivity contribution in [1.29, 1.82) is 0 Å². The Bertz CT molecular complexity index is 1190. The number of phenols is 1. The molecule has 0 aromatic heterocycles. The van der Waals surface area contributed by atoms with Gasteiger partial charge in [-0.15, -0.1) is 0 Å². The number of aromatic hydroxyl groups is 1. The van der Waals surface area contributed by atoms with Crippen LogP contribution in [0.15, 0.2) is 23.0 Å². The number of benzene rings is 1. The zero-order chi connectivity index (χ0) is 25.9. The minimum Gasteiger partial charge on any atom is -0.512 e. The molecule has 0 radical (unpaired) electrons. The van der Waals surface area contributed by atoms with Crippen LogP contribution in [-0.2, 0) is 29.0 Å². The Kier molecular flexibility index (Phi) is 6.16. The molecule has 2 fully saturated rings. The van der Waals surface area contributed by atoms with E-state index in [-0.39, 0.29) is 40.8 Å². The molecule has 1 aliphatic heterocycles. The van der Waals surface area contributed by atoms with Crippen LogP contribution in [0.25, 0.3) is 5.76 Å². The number of nitrogens with two attached hydrogens (primary N) is 1. The number of phenolic OH excluding ortho intramolecular Hbond substituents is 1. The average molecular weight is 497 g/mol. The first-order valence-corrected chi connectivity index (χ1v) is 13.1. The first kappa shape index (κ1) is 24.8. The second kappa shape index (κ2) is 8.92. The molecule has 1 heterocycles. The Morgan fingerprint density at radius 2 is 1.83 bits per heavy atom. The highest BCUT2D eigenvalue weighted by Gasteiger charge is 2.57. The van der Waals surface area contributed by atoms with Crippen LogP contribution < -0.4 is 5.73 Å². The summed E-state index contributed by atoms with van der Waals surface area (Å²) in [6.07, 6.45) is 5.20. The fraction of sp³-hybridized carbons (Fsp3) is 0.571. The molecule has 4 aliphatic rings. The Balaban J connectivity index is 1.60. The van der Waals surface area contributed by atoms with Gasteiger partial charge in [-0.3, -0.25) is 14.5 Å². The van der Waals surface area contributed by atoms with Crippen molar-refractivity contribution in [3.8, 4) is 5.75 Å². The van der Waals surface area contributed by atoms with E-state index in [2.05, 4.69) is 4.90 Å². The molecule has 36 heavy (non-hydrogen) atoms. The summed E-state index contributed by atoms with van der Waals surface area (Å²) in [5, 5.41) is 44.6. The lowest BCUT2D eigenvalue weighted by molar-refractivity contribution is -0.136. The van der Waals surface area contributed by atoms with Gasteiger partial charge in [0, 0.05) is 24.1 Å². The molecule has 6 N–H and O–H groups in total. The van der Waals surface area contributed by atoms with Crippen molar-refractivity contribution in [1.82, 2.24) is 4.90 Å². The average Bonchev–Trinajstić information content (AvgIpc) is 2.80. The molecule has 0 bridgehead atoms. The highest BCUT2D eigenvalue weighted by molar-refractivity contribution is 6.08. The van der Waals surface area contributed by atoms with Crippen LogP contribution in [0.2, 0.25) is 0 Å². The van der Waals surface area contributed by atoms with Gasteiger partial charge in [-0.2, -0.15) is 0 Å². The molecule has 1 saturated carbocycles. The van der Waals surface area contributed by atoms with Crippen molar-refractivity contribution in [3.05, 3.63) is 45.2 Å². The number of hydrogen-bond acceptors (Lipinski definition) is 7. The maximum atomic E-state index is 13.8. The van der Waals surface area contributed by atoms with Crippen LogP contribution in [0.1, 0.15) is 68.2 Å². The molecule has 1 saturated heterocycles. The minimum absolute atomic E-state index is 0.0110. The summed E-state index contributed by atoms with van der Waals surface area (Å²) in [5.74, 6) is -3.62. The second-order valence-corrected chi connectivity index (χ2v) is 11.1. The van der Waals surface area contributed by atoms with Gasteiger partial charge in [-0.25, -0.2) is 0 Å². The molecule has 8 heteroatoms. The van der Waals surface area contributed by atoms with E-state index in [1.807, 2.05) is 13.0 Å². The molecule has 4 unspecified atom stereocenters. The molecule has 0 spiro atoms. The largest absolute Gasteiger partial charge is 0.512 e. The second-order valence-electron chi connectivity index (χ2n) is 11.1. The maximum absolute atomic E-state index is 13.8. The number of amides is 1. The number of piperidine rings is 1. The number of primary amides is 1. The molecule has 3 aliphatic carbocycles. The van der Waals surface area contributed by atoms with Crippen molar-refractivity contribution >= 4 is 17.4 Å². The number of likely N-dealkylation sites (tertiary alicyclic amines) is 1. The molecule has 1 aromatic rings. The van der Waals surface area contributed by atoms with Crippen molar-refractivity contribution in [2.24, 2.45) is 23.5 Å². The van der Waals surface area contributed by atoms with Gasteiger partial charge in [0.05, 0.1) is 17.1 Å². The number of ketones is 1. The third-order valence-electron chi connectivity index (χ3n) is 8.86. The lowest BCUT2D eigenvalue weighted by Crippen LogP contribution is -2.55. The number of aryl methyl sites for hydroxylation is 1. The number of carbonyl (C=O) groups is 2. The SMILES string of the molecule is CCc1cc(CN2CCCCC2)c(O)c2c1CC1CC3CC(O)=C(C(N)=O)C(C)(O)C3C(=O)C1=C2O. The van der Waals surface area contributed by atoms with Gasteiger partial charge in [0.1, 0.15) is 22.9 Å². The third kappa shape index (κ3) is 3.73. The van der Waals surface area contributed by atoms with Crippen LogP contribution in [0, 0.1) is 17.8 Å². The van der Waals surface area contributed by atoms with Crippen LogP contribution in [0.3, 0.4) is 0 Å². The molecule has 5 rings (SSSR count). The van der Waals surface area contributed by atoms with E-state index in [0.717, 1.165) is 49.0 Å². The lowest BCUT2D eigenvalue weighted by Gasteiger charge is -2.48. The van der Waals surface area contributed by atoms with Crippen molar-refractivity contribution < 1.29 is 30.0 Å². The Morgan fingerprint density at radius 3 is 2.47 bits per heavy atom. The first-order valence-electron chi connectivity index (χ1n) is 13.1. The van der Waals surface area contributed by atoms with Gasteiger partial charge < -0.3 is 26.2 Å². The van der Waals surface area contributed by atoms with Crippen LogP contribution in [0.5, 0.6) is 5.75 Å². The fourth-order valence-electron chi connectivity index (χ4n) is 7.30. The summed E-state index contributed by atoms with van der Waals surface area (Å²) in [5.41, 5.74) is 6.31. The maximum Gasteiger partial charge on any atom is 0.250 e. The number of allylic oxidation sites excluding steroid dienone is 2. The molecular weight excluding hydrogens is 460 g/mol. The van der Waals surface area contributed by atoms with Gasteiger partial charge >= 0.3 is 0 Å². The smallest absolute Gasteiger partial charge is 0.250 e. The summed E-state index contributed by atoms with van der Waals surface area (Å²) in [6, 6.07) is 2.04. The predicted molar refractivity (Wildman–Crippen MR) is 134 cm³/mol. The monoisotopic (exact) mass is 496 g/mol. The van der Waals surface area contributed by atoms with Gasteiger partial charge in [-0.05, 0) is 75.1 Å². The summed E-state index contributed by atoms with van der Waals surface area (Å²) >= 11 is 0. The first-order chi connectivity index (χ1) is 17.1. The van der Waals surface area contributed by atoms with E-state index in [1.54, 1.807) is 0 Å². The fourth-order valence-corrected chi connectivity index (χ4v) is 7.30. The van der Waals surface area contributed by atoms with Gasteiger partial charge in [-0.1, -0.05) is 19.4 Å². The zero-order valence-electron chi connectivity index (χ0n) is 21.0. The van der Waals surface area contributed by atoms with Crippen LogP contribution in [0.4, 0.5) is 0 Å². The molecular formula is C28H36N2O6. The van der Waals surface area contributed by atoms with Crippen LogP contribution in [-0.4, -0.2) is 55.7 Å². The minimum atomic E-state index is -1.96. The Labute approximate surface area is 211 Å². The molecule has 194 valence electrons. The summed E-state index contributed by atoms with van der Waals surface area (Å²) < 4.78 is 0.